The lowest BCUT2D eigenvalue weighted by Crippen LogP contribution is -2.07. The number of rotatable bonds is 6. The van der Waals surface area contributed by atoms with Crippen LogP contribution in [0.4, 0.5) is 5.00 Å². The van der Waals surface area contributed by atoms with Crippen molar-refractivity contribution in [2.45, 2.75) is 20.8 Å². The normalized spacial score (nSPS) is 11.3. The maximum absolute atomic E-state index is 12.3. The largest absolute Gasteiger partial charge is 0.462 e. The molecule has 0 radical (unpaired) electrons. The molecule has 0 saturated heterocycles. The highest BCUT2D eigenvalue weighted by Gasteiger charge is 2.20. The lowest BCUT2D eigenvalue weighted by Gasteiger charge is -2.05. The predicted octanol–water partition coefficient (Wildman–Crippen LogP) is 5.70. The van der Waals surface area contributed by atoms with Gasteiger partial charge in [0.2, 0.25) is 0 Å². The number of hydrogen-bond acceptors (Lipinski definition) is 8. The summed E-state index contributed by atoms with van der Waals surface area (Å²) in [6, 6.07) is 6.15. The molecule has 138 valence electrons. The molecule has 0 saturated carbocycles. The number of nitrogens with zero attached hydrogens (tertiary/aromatic N) is 2. The Morgan fingerprint density at radius 1 is 1.41 bits per heavy atom. The van der Waals surface area contributed by atoms with E-state index in [4.69, 9.17) is 4.74 Å². The van der Waals surface area contributed by atoms with Gasteiger partial charge in [0.25, 0.3) is 0 Å². The summed E-state index contributed by atoms with van der Waals surface area (Å²) in [5, 5.41) is 17.9. The zero-order valence-electron chi connectivity index (χ0n) is 15.0. The smallest absolute Gasteiger partial charge is 0.341 e. The third kappa shape index (κ3) is 4.11. The highest BCUT2D eigenvalue weighted by atomic mass is 32.1. The average Bonchev–Trinajstić information content (AvgIpc) is 3.37. The number of aryl methyl sites for hydroxylation is 1. The fraction of sp³-hybridized carbons (Fsp3) is 0.211. The number of esters is 1. The highest BCUT2D eigenvalue weighted by molar-refractivity contribution is 7.16. The summed E-state index contributed by atoms with van der Waals surface area (Å²) in [5.41, 5.74) is 2.69. The number of hydrogen-bond donors (Lipinski definition) is 1. The van der Waals surface area contributed by atoms with Crippen LogP contribution >= 0.6 is 34.0 Å². The Kier molecular flexibility index (Phi) is 6.06. The molecule has 0 fully saturated rings. The molecular weight excluding hydrogens is 398 g/mol. The van der Waals surface area contributed by atoms with Crippen molar-refractivity contribution in [1.29, 1.82) is 5.26 Å². The zero-order valence-corrected chi connectivity index (χ0v) is 17.5. The van der Waals surface area contributed by atoms with Crippen molar-refractivity contribution in [3.63, 3.8) is 0 Å². The quantitative estimate of drug-likeness (QED) is 0.413. The van der Waals surface area contributed by atoms with E-state index in [-0.39, 0.29) is 5.97 Å². The average molecular weight is 416 g/mol. The molecule has 0 atom stereocenters. The number of thiophene rings is 2. The van der Waals surface area contributed by atoms with Crippen molar-refractivity contribution in [1.82, 2.24) is 4.98 Å². The summed E-state index contributed by atoms with van der Waals surface area (Å²) in [4.78, 5) is 18.9. The van der Waals surface area contributed by atoms with E-state index in [0.29, 0.717) is 27.8 Å². The molecule has 27 heavy (non-hydrogen) atoms. The van der Waals surface area contributed by atoms with Crippen LogP contribution in [0.25, 0.3) is 16.1 Å². The van der Waals surface area contributed by atoms with Gasteiger partial charge in [-0.05, 0) is 37.8 Å². The summed E-state index contributed by atoms with van der Waals surface area (Å²) in [5.74, 6) is -0.358. The Bertz CT molecular complexity index is 1020. The van der Waals surface area contributed by atoms with Gasteiger partial charge in [0, 0.05) is 16.5 Å². The summed E-state index contributed by atoms with van der Waals surface area (Å²) in [6.45, 7) is 5.95. The van der Waals surface area contributed by atoms with Crippen molar-refractivity contribution in [3.8, 4) is 16.6 Å². The first kappa shape index (κ1) is 19.3. The number of aromatic nitrogens is 1. The number of carbonyl (C=O) groups excluding carboxylic acids is 1. The third-order valence-corrected chi connectivity index (χ3v) is 6.75. The van der Waals surface area contributed by atoms with E-state index in [2.05, 4.69) is 16.4 Å². The number of nitriles is 1. The lowest BCUT2D eigenvalue weighted by molar-refractivity contribution is 0.0527. The molecule has 3 rings (SSSR count). The van der Waals surface area contributed by atoms with Gasteiger partial charge in [0.05, 0.1) is 22.7 Å². The molecule has 0 aliphatic heterocycles. The molecular formula is C19H17N3O2S3. The molecule has 0 aliphatic carbocycles. The second kappa shape index (κ2) is 8.48. The number of carbonyl (C=O) groups is 1. The molecule has 0 bridgehead atoms. The highest BCUT2D eigenvalue weighted by Crippen LogP contribution is 2.34. The third-order valence-electron chi connectivity index (χ3n) is 3.84. The van der Waals surface area contributed by atoms with Crippen molar-refractivity contribution in [2.24, 2.45) is 0 Å². The van der Waals surface area contributed by atoms with E-state index in [1.54, 1.807) is 24.5 Å². The van der Waals surface area contributed by atoms with Crippen LogP contribution in [0.15, 0.2) is 29.1 Å². The first-order valence-electron chi connectivity index (χ1n) is 8.18. The SMILES string of the molecule is CCOC(=O)c1c(N/C=C(\C#N)c2nc(-c3cccs3)cs2)sc(C)c1C. The second-order valence-corrected chi connectivity index (χ2v) is 8.57. The number of nitrogens with one attached hydrogen (secondary N) is 1. The molecule has 3 aromatic rings. The van der Waals surface area contributed by atoms with Gasteiger partial charge < -0.3 is 10.1 Å². The van der Waals surface area contributed by atoms with Crippen LogP contribution in [0.3, 0.4) is 0 Å². The number of thiazole rings is 1. The van der Waals surface area contributed by atoms with Gasteiger partial charge in [0.1, 0.15) is 21.7 Å². The van der Waals surface area contributed by atoms with Gasteiger partial charge in [-0.2, -0.15) is 5.26 Å². The molecule has 5 nitrogen and oxygen atoms in total. The van der Waals surface area contributed by atoms with E-state index in [1.807, 2.05) is 36.7 Å². The van der Waals surface area contributed by atoms with Gasteiger partial charge in [-0.3, -0.25) is 0 Å². The van der Waals surface area contributed by atoms with Gasteiger partial charge in [-0.15, -0.1) is 34.0 Å². The maximum atomic E-state index is 12.3. The van der Waals surface area contributed by atoms with Crippen molar-refractivity contribution in [2.75, 3.05) is 11.9 Å². The first-order valence-corrected chi connectivity index (χ1v) is 10.8. The number of ether oxygens (including phenoxy) is 1. The monoisotopic (exact) mass is 415 g/mol. The van der Waals surface area contributed by atoms with Gasteiger partial charge in [0.15, 0.2) is 0 Å². The van der Waals surface area contributed by atoms with Gasteiger partial charge in [-0.25, -0.2) is 9.78 Å². The molecule has 0 unspecified atom stereocenters. The number of anilines is 1. The number of allylic oxidation sites excluding steroid dienone is 1. The molecule has 3 aromatic heterocycles. The zero-order chi connectivity index (χ0) is 19.4. The second-order valence-electron chi connectivity index (χ2n) is 5.54. The topological polar surface area (TPSA) is 75.0 Å². The molecule has 8 heteroatoms. The maximum Gasteiger partial charge on any atom is 0.341 e. The Hall–Kier alpha value is -2.47. The Morgan fingerprint density at radius 2 is 2.22 bits per heavy atom. The van der Waals surface area contributed by atoms with Crippen LogP contribution in [0, 0.1) is 25.2 Å². The Balaban J connectivity index is 1.87. The fourth-order valence-electron chi connectivity index (χ4n) is 2.39. The van der Waals surface area contributed by atoms with E-state index in [1.165, 1.54) is 22.7 Å². The minimum absolute atomic E-state index is 0.316. The van der Waals surface area contributed by atoms with Crippen molar-refractivity contribution >= 4 is 50.6 Å². The van der Waals surface area contributed by atoms with Crippen LogP contribution in [0.5, 0.6) is 0 Å². The van der Waals surface area contributed by atoms with Gasteiger partial charge in [-0.1, -0.05) is 6.07 Å². The fourth-order valence-corrected chi connectivity index (χ4v) is 4.96. The van der Waals surface area contributed by atoms with Crippen LogP contribution in [-0.4, -0.2) is 17.6 Å². The van der Waals surface area contributed by atoms with E-state index in [0.717, 1.165) is 21.0 Å². The Labute approximate surface area is 169 Å². The first-order chi connectivity index (χ1) is 13.0. The molecule has 0 aromatic carbocycles. The van der Waals surface area contributed by atoms with E-state index in [9.17, 15) is 10.1 Å². The summed E-state index contributed by atoms with van der Waals surface area (Å²) >= 11 is 4.49. The van der Waals surface area contributed by atoms with Crippen LogP contribution < -0.4 is 5.32 Å². The van der Waals surface area contributed by atoms with Crippen LogP contribution in [0.1, 0.15) is 32.7 Å². The molecule has 0 spiro atoms. The van der Waals surface area contributed by atoms with Crippen molar-refractivity contribution < 1.29 is 9.53 Å². The summed E-state index contributed by atoms with van der Waals surface area (Å²) < 4.78 is 5.16. The standard InChI is InChI=1S/C19H17N3O2S3/c1-4-24-19(23)16-11(2)12(3)27-18(16)21-9-13(8-20)17-22-14(10-26-17)15-6-5-7-25-15/h5-7,9-10,21H,4H2,1-3H3/b13-9+. The van der Waals surface area contributed by atoms with Crippen molar-refractivity contribution in [3.05, 3.63) is 50.1 Å². The van der Waals surface area contributed by atoms with Crippen LogP contribution in [-0.2, 0) is 4.74 Å². The lowest BCUT2D eigenvalue weighted by atomic mass is 10.1. The van der Waals surface area contributed by atoms with E-state index >= 15 is 0 Å². The van der Waals surface area contributed by atoms with E-state index < -0.39 is 0 Å². The summed E-state index contributed by atoms with van der Waals surface area (Å²) in [7, 11) is 0. The molecule has 3 heterocycles. The molecule has 1 N–H and O–H groups in total. The minimum atomic E-state index is -0.358. The molecule has 0 aliphatic rings. The Morgan fingerprint density at radius 3 is 2.89 bits per heavy atom. The molecule has 0 amide bonds. The minimum Gasteiger partial charge on any atom is -0.462 e. The summed E-state index contributed by atoms with van der Waals surface area (Å²) in [6.07, 6.45) is 1.60. The predicted molar refractivity (Wildman–Crippen MR) is 112 cm³/mol. The van der Waals surface area contributed by atoms with Crippen LogP contribution in [0.2, 0.25) is 0 Å². The van der Waals surface area contributed by atoms with Gasteiger partial charge >= 0.3 is 5.97 Å².